The molecule has 126 valence electrons. The lowest BCUT2D eigenvalue weighted by Crippen LogP contribution is -2.40. The molecular formula is C17H17FN2O3S. The van der Waals surface area contributed by atoms with Gasteiger partial charge in [-0.2, -0.15) is 11.3 Å². The number of benzene rings is 1. The quantitative estimate of drug-likeness (QED) is 0.703. The first kappa shape index (κ1) is 17.8. The average Bonchev–Trinajstić information content (AvgIpc) is 3.08. The number of carbonyl (C=O) groups excluding carboxylic acids is 1. The molecule has 1 heterocycles. The first-order valence-electron chi connectivity index (χ1n) is 7.08. The van der Waals surface area contributed by atoms with E-state index in [1.165, 1.54) is 23.5 Å². The van der Waals surface area contributed by atoms with E-state index in [2.05, 4.69) is 16.6 Å². The molecule has 3 N–H and O–H groups in total. The molecule has 0 spiro atoms. The third-order valence-electron chi connectivity index (χ3n) is 3.24. The van der Waals surface area contributed by atoms with Gasteiger partial charge in [-0.25, -0.2) is 9.18 Å². The predicted octanol–water partition coefficient (Wildman–Crippen LogP) is 2.93. The van der Waals surface area contributed by atoms with Crippen molar-refractivity contribution in [1.29, 1.82) is 0 Å². The maximum Gasteiger partial charge on any atom is 0.319 e. The van der Waals surface area contributed by atoms with E-state index in [0.717, 1.165) is 6.07 Å². The van der Waals surface area contributed by atoms with Crippen molar-refractivity contribution in [3.05, 3.63) is 46.4 Å². The van der Waals surface area contributed by atoms with Gasteiger partial charge in [0.2, 0.25) is 0 Å². The van der Waals surface area contributed by atoms with Crippen LogP contribution in [0.25, 0.3) is 0 Å². The number of terminal acetylenes is 1. The monoisotopic (exact) mass is 348 g/mol. The van der Waals surface area contributed by atoms with Crippen LogP contribution in [0.4, 0.5) is 14.9 Å². The van der Waals surface area contributed by atoms with Crippen molar-refractivity contribution in [2.45, 2.75) is 12.5 Å². The lowest BCUT2D eigenvalue weighted by atomic mass is 9.99. The van der Waals surface area contributed by atoms with Gasteiger partial charge in [0.05, 0.1) is 12.2 Å². The van der Waals surface area contributed by atoms with E-state index in [-0.39, 0.29) is 24.6 Å². The van der Waals surface area contributed by atoms with Crippen LogP contribution in [-0.2, 0) is 5.60 Å². The standard InChI is InChI=1S/C17H17FN2O3S/c1-3-7-23-15-5-4-13(18)9-14(15)20-16(21)19-11-17(2,22)12-6-8-24-10-12/h1,4-6,8-10,22H,7,11H2,2H3,(H2,19,20,21). The molecule has 1 aromatic carbocycles. The second-order valence-electron chi connectivity index (χ2n) is 5.23. The van der Waals surface area contributed by atoms with Crippen LogP contribution in [-0.4, -0.2) is 24.3 Å². The van der Waals surface area contributed by atoms with Gasteiger partial charge >= 0.3 is 6.03 Å². The Hall–Kier alpha value is -2.56. The molecule has 2 aromatic rings. The normalized spacial score (nSPS) is 12.8. The fourth-order valence-corrected chi connectivity index (χ4v) is 2.72. The number of aliphatic hydroxyl groups is 1. The van der Waals surface area contributed by atoms with Gasteiger partial charge in [0, 0.05) is 6.07 Å². The highest BCUT2D eigenvalue weighted by Gasteiger charge is 2.24. The van der Waals surface area contributed by atoms with Gasteiger partial charge in [-0.3, -0.25) is 0 Å². The number of urea groups is 1. The maximum absolute atomic E-state index is 13.4. The Morgan fingerprint density at radius 3 is 2.96 bits per heavy atom. The van der Waals surface area contributed by atoms with Gasteiger partial charge in [-0.15, -0.1) is 6.42 Å². The third kappa shape index (κ3) is 4.72. The second kappa shape index (κ2) is 7.81. The van der Waals surface area contributed by atoms with Crippen molar-refractivity contribution in [1.82, 2.24) is 5.32 Å². The van der Waals surface area contributed by atoms with Gasteiger partial charge in [0.15, 0.2) is 0 Å². The van der Waals surface area contributed by atoms with Crippen molar-refractivity contribution < 1.29 is 19.0 Å². The molecule has 1 atom stereocenters. The van der Waals surface area contributed by atoms with E-state index in [1.54, 1.807) is 18.4 Å². The zero-order valence-corrected chi connectivity index (χ0v) is 13.8. The predicted molar refractivity (Wildman–Crippen MR) is 91.6 cm³/mol. The zero-order chi connectivity index (χ0) is 17.6. The summed E-state index contributed by atoms with van der Waals surface area (Å²) >= 11 is 1.45. The Bertz CT molecular complexity index is 739. The number of hydrogen-bond acceptors (Lipinski definition) is 4. The van der Waals surface area contributed by atoms with Crippen molar-refractivity contribution >= 4 is 23.1 Å². The molecule has 1 unspecified atom stereocenters. The van der Waals surface area contributed by atoms with Crippen LogP contribution in [0.3, 0.4) is 0 Å². The minimum Gasteiger partial charge on any atom is -0.479 e. The fourth-order valence-electron chi connectivity index (χ4n) is 1.94. The molecule has 0 aliphatic rings. The summed E-state index contributed by atoms with van der Waals surface area (Å²) in [6, 6.07) is 4.90. The molecule has 7 heteroatoms. The van der Waals surface area contributed by atoms with Crippen LogP contribution in [0.15, 0.2) is 35.0 Å². The first-order chi connectivity index (χ1) is 11.4. The molecule has 0 saturated carbocycles. The number of hydrogen-bond donors (Lipinski definition) is 3. The van der Waals surface area contributed by atoms with E-state index < -0.39 is 17.4 Å². The van der Waals surface area contributed by atoms with Crippen LogP contribution in [0.1, 0.15) is 12.5 Å². The number of carbonyl (C=O) groups is 1. The molecular weight excluding hydrogens is 331 g/mol. The molecule has 0 saturated heterocycles. The van der Waals surface area contributed by atoms with Crippen LogP contribution < -0.4 is 15.4 Å². The SMILES string of the molecule is C#CCOc1ccc(F)cc1NC(=O)NCC(C)(O)c1ccsc1. The summed E-state index contributed by atoms with van der Waals surface area (Å²) in [6.45, 7) is 1.58. The summed E-state index contributed by atoms with van der Waals surface area (Å²) in [5.41, 5.74) is -0.350. The number of nitrogens with one attached hydrogen (secondary N) is 2. The molecule has 2 amide bonds. The molecule has 2 rings (SSSR count). The van der Waals surface area contributed by atoms with Gasteiger partial charge in [0.1, 0.15) is 23.8 Å². The number of ether oxygens (including phenoxy) is 1. The van der Waals surface area contributed by atoms with Crippen LogP contribution in [0.2, 0.25) is 0 Å². The molecule has 0 aliphatic heterocycles. The van der Waals surface area contributed by atoms with Crippen LogP contribution >= 0.6 is 11.3 Å². The molecule has 0 fully saturated rings. The Balaban J connectivity index is 1.99. The van der Waals surface area contributed by atoms with E-state index in [0.29, 0.717) is 5.56 Å². The summed E-state index contributed by atoms with van der Waals surface area (Å²) in [5.74, 6) is 2.03. The molecule has 0 radical (unpaired) electrons. The van der Waals surface area contributed by atoms with Gasteiger partial charge < -0.3 is 20.5 Å². The number of halogens is 1. The Morgan fingerprint density at radius 1 is 1.50 bits per heavy atom. The summed E-state index contributed by atoms with van der Waals surface area (Å²) < 4.78 is 18.6. The average molecular weight is 348 g/mol. The molecule has 1 aromatic heterocycles. The Morgan fingerprint density at radius 2 is 2.29 bits per heavy atom. The summed E-state index contributed by atoms with van der Waals surface area (Å²) in [6.07, 6.45) is 5.12. The number of thiophene rings is 1. The zero-order valence-electron chi connectivity index (χ0n) is 13.0. The van der Waals surface area contributed by atoms with E-state index in [1.807, 2.05) is 5.38 Å². The van der Waals surface area contributed by atoms with Crippen LogP contribution in [0, 0.1) is 18.2 Å². The van der Waals surface area contributed by atoms with Crippen molar-refractivity contribution in [3.63, 3.8) is 0 Å². The van der Waals surface area contributed by atoms with Crippen molar-refractivity contribution in [2.24, 2.45) is 0 Å². The first-order valence-corrected chi connectivity index (χ1v) is 8.02. The molecule has 0 bridgehead atoms. The lowest BCUT2D eigenvalue weighted by Gasteiger charge is -2.23. The summed E-state index contributed by atoms with van der Waals surface area (Å²) in [7, 11) is 0. The lowest BCUT2D eigenvalue weighted by molar-refractivity contribution is 0.0604. The smallest absolute Gasteiger partial charge is 0.319 e. The van der Waals surface area contributed by atoms with Crippen LogP contribution in [0.5, 0.6) is 5.75 Å². The summed E-state index contributed by atoms with van der Waals surface area (Å²) in [4.78, 5) is 12.0. The summed E-state index contributed by atoms with van der Waals surface area (Å²) in [5, 5.41) is 19.0. The highest BCUT2D eigenvalue weighted by molar-refractivity contribution is 7.08. The van der Waals surface area contributed by atoms with Crippen molar-refractivity contribution in [3.8, 4) is 18.1 Å². The largest absolute Gasteiger partial charge is 0.479 e. The topological polar surface area (TPSA) is 70.6 Å². The fraction of sp³-hybridized carbons (Fsp3) is 0.235. The molecule has 24 heavy (non-hydrogen) atoms. The molecule has 0 aliphatic carbocycles. The number of amides is 2. The second-order valence-corrected chi connectivity index (χ2v) is 6.01. The Kier molecular flexibility index (Phi) is 5.79. The number of rotatable bonds is 6. The number of anilines is 1. The minimum absolute atomic E-state index is 0.00516. The molecule has 5 nitrogen and oxygen atoms in total. The maximum atomic E-state index is 13.4. The van der Waals surface area contributed by atoms with Gasteiger partial charge in [-0.1, -0.05) is 5.92 Å². The van der Waals surface area contributed by atoms with Gasteiger partial charge in [0.25, 0.3) is 0 Å². The third-order valence-corrected chi connectivity index (χ3v) is 3.92. The van der Waals surface area contributed by atoms with Gasteiger partial charge in [-0.05, 0) is 41.4 Å². The van der Waals surface area contributed by atoms with Crippen molar-refractivity contribution in [2.75, 3.05) is 18.5 Å². The Labute approximate surface area is 143 Å². The highest BCUT2D eigenvalue weighted by Crippen LogP contribution is 2.26. The van der Waals surface area contributed by atoms with E-state index in [4.69, 9.17) is 11.2 Å². The highest BCUT2D eigenvalue weighted by atomic mass is 32.1. The van der Waals surface area contributed by atoms with E-state index >= 15 is 0 Å². The minimum atomic E-state index is -1.21. The van der Waals surface area contributed by atoms with E-state index in [9.17, 15) is 14.3 Å².